The monoisotopic (exact) mass is 454 g/mol. The number of carbonyl (C=O) groups excluding carboxylic acids is 2. The zero-order valence-electron chi connectivity index (χ0n) is 16.8. The van der Waals surface area contributed by atoms with Gasteiger partial charge in [0, 0.05) is 37.5 Å². The van der Waals surface area contributed by atoms with Crippen molar-refractivity contribution in [2.24, 2.45) is 5.92 Å². The first-order valence-electron chi connectivity index (χ1n) is 9.74. The Morgan fingerprint density at radius 3 is 2.24 bits per heavy atom. The van der Waals surface area contributed by atoms with Gasteiger partial charge in [-0.15, -0.1) is 0 Å². The molecule has 5 heteroatoms. The second kappa shape index (κ2) is 7.13. The van der Waals surface area contributed by atoms with Crippen LogP contribution >= 0.6 is 15.9 Å². The van der Waals surface area contributed by atoms with Gasteiger partial charge >= 0.3 is 11.9 Å². The Labute approximate surface area is 178 Å². The molecule has 4 rings (SSSR count). The minimum Gasteiger partial charge on any atom is -0.422 e. The molecule has 2 aromatic carbocycles. The summed E-state index contributed by atoms with van der Waals surface area (Å²) in [5.74, 6) is 1.25. The molecule has 0 saturated heterocycles. The van der Waals surface area contributed by atoms with E-state index in [9.17, 15) is 9.59 Å². The summed E-state index contributed by atoms with van der Waals surface area (Å²) in [6.07, 6.45) is 2.00. The van der Waals surface area contributed by atoms with Crippen molar-refractivity contribution in [1.29, 1.82) is 0 Å². The summed E-state index contributed by atoms with van der Waals surface area (Å²) in [6, 6.07) is 5.68. The van der Waals surface area contributed by atoms with E-state index < -0.39 is 11.9 Å². The van der Waals surface area contributed by atoms with Crippen molar-refractivity contribution in [3.05, 3.63) is 58.1 Å². The van der Waals surface area contributed by atoms with Crippen LogP contribution in [0.3, 0.4) is 0 Å². The summed E-state index contributed by atoms with van der Waals surface area (Å²) in [5, 5.41) is 1.49. The highest BCUT2D eigenvalue weighted by atomic mass is 79.9. The summed E-state index contributed by atoms with van der Waals surface area (Å²) in [7, 11) is 0. The maximum atomic E-state index is 12.5. The predicted octanol–water partition coefficient (Wildman–Crippen LogP) is 6.18. The van der Waals surface area contributed by atoms with Gasteiger partial charge in [-0.25, -0.2) is 9.59 Å². The first-order valence-corrected chi connectivity index (χ1v) is 10.5. The molecule has 29 heavy (non-hydrogen) atoms. The number of rotatable bonds is 4. The van der Waals surface area contributed by atoms with E-state index in [4.69, 9.17) is 9.47 Å². The Hall–Kier alpha value is -2.40. The van der Waals surface area contributed by atoms with Gasteiger partial charge in [-0.2, -0.15) is 0 Å². The summed E-state index contributed by atoms with van der Waals surface area (Å²) in [6.45, 7) is 12.9. The summed E-state index contributed by atoms with van der Waals surface area (Å²) in [4.78, 5) is 24.9. The molecule has 1 fully saturated rings. The first-order chi connectivity index (χ1) is 13.7. The van der Waals surface area contributed by atoms with E-state index in [-0.39, 0.29) is 11.8 Å². The Kier molecular flexibility index (Phi) is 4.89. The zero-order chi connectivity index (χ0) is 21.0. The number of benzene rings is 2. The minimum atomic E-state index is -0.452. The van der Waals surface area contributed by atoms with Crippen LogP contribution in [-0.4, -0.2) is 11.9 Å². The molecule has 150 valence electrons. The van der Waals surface area contributed by atoms with Crippen molar-refractivity contribution < 1.29 is 19.1 Å². The molecule has 0 radical (unpaired) electrons. The van der Waals surface area contributed by atoms with Crippen LogP contribution in [0.25, 0.3) is 10.8 Å². The van der Waals surface area contributed by atoms with Gasteiger partial charge in [0.1, 0.15) is 11.5 Å². The Morgan fingerprint density at radius 1 is 1.00 bits per heavy atom. The highest BCUT2D eigenvalue weighted by Crippen LogP contribution is 2.63. The normalized spacial score (nSPS) is 21.7. The van der Waals surface area contributed by atoms with Crippen molar-refractivity contribution in [2.75, 3.05) is 0 Å². The van der Waals surface area contributed by atoms with Crippen molar-refractivity contribution in [2.45, 2.75) is 45.4 Å². The first kappa shape index (κ1) is 19.9. The number of esters is 2. The van der Waals surface area contributed by atoms with Crippen LogP contribution in [0.15, 0.2) is 47.0 Å². The Balaban J connectivity index is 2.05. The van der Waals surface area contributed by atoms with Gasteiger partial charge in [-0.1, -0.05) is 48.1 Å². The molecule has 0 aromatic heterocycles. The SMILES string of the molecule is C=C(C)C(=O)Oc1c2c(c(OC(=O)C(=C)C)c3c(Br)cccc13)C1CC(C)C2C1. The molecule has 3 atom stereocenters. The van der Waals surface area contributed by atoms with E-state index in [2.05, 4.69) is 36.0 Å². The molecule has 2 aliphatic carbocycles. The third kappa shape index (κ3) is 3.12. The minimum absolute atomic E-state index is 0.272. The third-order valence-corrected chi connectivity index (χ3v) is 6.67. The fraction of sp³-hybridized carbons (Fsp3) is 0.333. The number of halogens is 1. The lowest BCUT2D eigenvalue weighted by Gasteiger charge is -2.27. The highest BCUT2D eigenvalue weighted by molar-refractivity contribution is 9.10. The maximum absolute atomic E-state index is 12.5. The molecule has 0 spiro atoms. The second-order valence-corrected chi connectivity index (χ2v) is 9.09. The number of carbonyl (C=O) groups is 2. The molecular formula is C24H23BrO4. The number of hydrogen-bond acceptors (Lipinski definition) is 4. The van der Waals surface area contributed by atoms with E-state index in [1.807, 2.05) is 18.2 Å². The fourth-order valence-corrected chi connectivity index (χ4v) is 5.25. The van der Waals surface area contributed by atoms with Crippen molar-refractivity contribution >= 4 is 38.6 Å². The topological polar surface area (TPSA) is 52.6 Å². The number of ether oxygens (including phenoxy) is 2. The standard InChI is InChI=1S/C24H23BrO4/c1-11(2)23(26)28-21-15-7-6-8-17(25)19(15)22(29-24(27)12(3)4)18-14-9-13(5)16(10-14)20(18)21/h6-8,13-14,16H,1,3,9-10H2,2,4-5H3. The summed E-state index contributed by atoms with van der Waals surface area (Å²) < 4.78 is 12.5. The van der Waals surface area contributed by atoms with Gasteiger partial charge in [0.15, 0.2) is 0 Å². The lowest BCUT2D eigenvalue weighted by atomic mass is 9.82. The molecule has 2 bridgehead atoms. The van der Waals surface area contributed by atoms with Crippen LogP contribution in [0.5, 0.6) is 11.5 Å². The number of hydrogen-bond donors (Lipinski definition) is 0. The van der Waals surface area contributed by atoms with Crippen molar-refractivity contribution in [1.82, 2.24) is 0 Å². The summed E-state index contributed by atoms with van der Waals surface area (Å²) >= 11 is 3.61. The zero-order valence-corrected chi connectivity index (χ0v) is 18.4. The van der Waals surface area contributed by atoms with E-state index in [0.717, 1.165) is 39.2 Å². The summed E-state index contributed by atoms with van der Waals surface area (Å²) in [5.41, 5.74) is 2.68. The van der Waals surface area contributed by atoms with E-state index in [1.165, 1.54) is 0 Å². The maximum Gasteiger partial charge on any atom is 0.338 e. The van der Waals surface area contributed by atoms with Crippen LogP contribution in [0.1, 0.15) is 56.6 Å². The number of fused-ring (bicyclic) bond motifs is 6. The van der Waals surface area contributed by atoms with Gasteiger partial charge in [-0.05, 0) is 50.5 Å². The average molecular weight is 455 g/mol. The van der Waals surface area contributed by atoms with Gasteiger partial charge in [0.05, 0.1) is 0 Å². The molecule has 3 unspecified atom stereocenters. The van der Waals surface area contributed by atoms with Crippen LogP contribution in [-0.2, 0) is 9.59 Å². The third-order valence-electron chi connectivity index (χ3n) is 6.01. The molecule has 0 N–H and O–H groups in total. The second-order valence-electron chi connectivity index (χ2n) is 8.24. The highest BCUT2D eigenvalue weighted by Gasteiger charge is 2.47. The van der Waals surface area contributed by atoms with E-state index in [1.54, 1.807) is 13.8 Å². The quantitative estimate of drug-likeness (QED) is 0.314. The molecule has 4 nitrogen and oxygen atoms in total. The van der Waals surface area contributed by atoms with Crippen LogP contribution < -0.4 is 9.47 Å². The average Bonchev–Trinajstić information content (AvgIpc) is 3.21. The van der Waals surface area contributed by atoms with Gasteiger partial charge in [-0.3, -0.25) is 0 Å². The Bertz CT molecular complexity index is 1100. The lowest BCUT2D eigenvalue weighted by Crippen LogP contribution is -2.17. The predicted molar refractivity (Wildman–Crippen MR) is 116 cm³/mol. The Morgan fingerprint density at radius 2 is 1.62 bits per heavy atom. The molecule has 0 heterocycles. The van der Waals surface area contributed by atoms with Crippen LogP contribution in [0, 0.1) is 5.92 Å². The van der Waals surface area contributed by atoms with Gasteiger partial charge < -0.3 is 9.47 Å². The van der Waals surface area contributed by atoms with Crippen LogP contribution in [0.4, 0.5) is 0 Å². The lowest BCUT2D eigenvalue weighted by molar-refractivity contribution is -0.131. The molecule has 0 aliphatic heterocycles. The fourth-order valence-electron chi connectivity index (χ4n) is 4.70. The van der Waals surface area contributed by atoms with E-state index >= 15 is 0 Å². The molecule has 2 aromatic rings. The molecule has 1 saturated carbocycles. The van der Waals surface area contributed by atoms with Gasteiger partial charge in [0.25, 0.3) is 0 Å². The van der Waals surface area contributed by atoms with E-state index in [0.29, 0.717) is 28.6 Å². The molecule has 2 aliphatic rings. The van der Waals surface area contributed by atoms with Crippen LogP contribution in [0.2, 0.25) is 0 Å². The largest absolute Gasteiger partial charge is 0.422 e. The smallest absolute Gasteiger partial charge is 0.338 e. The van der Waals surface area contributed by atoms with Crippen molar-refractivity contribution in [3.8, 4) is 11.5 Å². The molecular weight excluding hydrogens is 432 g/mol. The van der Waals surface area contributed by atoms with Crippen molar-refractivity contribution in [3.63, 3.8) is 0 Å². The van der Waals surface area contributed by atoms with Gasteiger partial charge in [0.2, 0.25) is 0 Å². The molecule has 0 amide bonds.